The second-order valence-corrected chi connectivity index (χ2v) is 11.7. The van der Waals surface area contributed by atoms with Crippen molar-refractivity contribution in [3.05, 3.63) is 70.2 Å². The normalized spacial score (nSPS) is 23.1. The summed E-state index contributed by atoms with van der Waals surface area (Å²) in [7, 11) is 0. The van der Waals surface area contributed by atoms with Gasteiger partial charge in [0, 0.05) is 24.2 Å². The van der Waals surface area contributed by atoms with E-state index in [0.29, 0.717) is 18.4 Å². The first-order valence-electron chi connectivity index (χ1n) is 12.8. The monoisotopic (exact) mass is 516 g/mol. The SMILES string of the molecule is CC(C)(C)CNc1ccc(-c2ccc(O)c3c2CC2CC4CC(O)=C(C(N)=O)C(=O)C4C(O)=C2C3=O)cc1. The number of phenols is 1. The van der Waals surface area contributed by atoms with Crippen molar-refractivity contribution in [3.63, 3.8) is 0 Å². The third kappa shape index (κ3) is 4.23. The standard InChI is InChI=1S/C30H32N2O6/c1-30(2,3)13-32-17-6-4-14(5-7-17)18-8-9-20(33)24-19(18)11-15-10-16-12-21(34)25(29(31)38)28(37)23(16)26(35)22(15)27(24)36/h4-9,15-16,23,32-35H,10-13H2,1-3H3,(H2,31,38). The van der Waals surface area contributed by atoms with E-state index in [2.05, 4.69) is 26.1 Å². The van der Waals surface area contributed by atoms with E-state index in [-0.39, 0.29) is 34.5 Å². The fraction of sp³-hybridized carbons (Fsp3) is 0.367. The number of nitrogens with one attached hydrogen (secondary N) is 1. The average Bonchev–Trinajstić information content (AvgIpc) is 2.82. The molecule has 0 heterocycles. The quantitative estimate of drug-likeness (QED) is 0.373. The number of amides is 1. The summed E-state index contributed by atoms with van der Waals surface area (Å²) in [5, 5.41) is 35.6. The smallest absolute Gasteiger partial charge is 0.255 e. The number of primary amides is 1. The highest BCUT2D eigenvalue weighted by atomic mass is 16.3. The molecule has 0 fully saturated rings. The van der Waals surface area contributed by atoms with Gasteiger partial charge in [-0.1, -0.05) is 39.0 Å². The fourth-order valence-electron chi connectivity index (χ4n) is 6.04. The number of aromatic hydroxyl groups is 1. The number of hydrogen-bond acceptors (Lipinski definition) is 7. The summed E-state index contributed by atoms with van der Waals surface area (Å²) in [6.45, 7) is 7.27. The van der Waals surface area contributed by atoms with Crippen LogP contribution in [0.3, 0.4) is 0 Å². The molecule has 2 aromatic rings. The predicted molar refractivity (Wildman–Crippen MR) is 143 cm³/mol. The molecule has 38 heavy (non-hydrogen) atoms. The van der Waals surface area contributed by atoms with E-state index < -0.39 is 46.6 Å². The minimum absolute atomic E-state index is 0.0134. The van der Waals surface area contributed by atoms with Crippen LogP contribution < -0.4 is 11.1 Å². The number of carbonyl (C=O) groups is 3. The van der Waals surface area contributed by atoms with Crippen molar-refractivity contribution >= 4 is 23.2 Å². The average molecular weight is 517 g/mol. The van der Waals surface area contributed by atoms with Gasteiger partial charge in [0.2, 0.25) is 0 Å². The van der Waals surface area contributed by atoms with Crippen molar-refractivity contribution in [1.82, 2.24) is 0 Å². The Bertz CT molecular complexity index is 1430. The van der Waals surface area contributed by atoms with Crippen LogP contribution in [0.15, 0.2) is 59.1 Å². The molecular weight excluding hydrogens is 484 g/mol. The summed E-state index contributed by atoms with van der Waals surface area (Å²) in [6, 6.07) is 11.2. The number of allylic oxidation sites excluding steroid dienone is 3. The Kier molecular flexibility index (Phi) is 6.09. The summed E-state index contributed by atoms with van der Waals surface area (Å²) in [6.07, 6.45) is 0.750. The Morgan fingerprint density at radius 1 is 1.03 bits per heavy atom. The maximum Gasteiger partial charge on any atom is 0.255 e. The van der Waals surface area contributed by atoms with Crippen LogP contribution >= 0.6 is 0 Å². The van der Waals surface area contributed by atoms with Gasteiger partial charge >= 0.3 is 0 Å². The molecule has 0 saturated heterocycles. The molecule has 0 bridgehead atoms. The highest BCUT2D eigenvalue weighted by molar-refractivity contribution is 6.22. The number of benzene rings is 2. The lowest BCUT2D eigenvalue weighted by atomic mass is 9.62. The van der Waals surface area contributed by atoms with Gasteiger partial charge in [0.05, 0.1) is 11.5 Å². The van der Waals surface area contributed by atoms with Crippen molar-refractivity contribution in [3.8, 4) is 16.9 Å². The van der Waals surface area contributed by atoms with Crippen molar-refractivity contribution in [2.45, 2.75) is 40.0 Å². The summed E-state index contributed by atoms with van der Waals surface area (Å²) in [5.74, 6) is -5.31. The van der Waals surface area contributed by atoms with Gasteiger partial charge in [0.15, 0.2) is 11.6 Å². The number of anilines is 1. The molecule has 0 spiro atoms. The molecule has 1 amide bonds. The summed E-state index contributed by atoms with van der Waals surface area (Å²) in [4.78, 5) is 38.5. The maximum atomic E-state index is 13.7. The number of aliphatic hydroxyl groups is 2. The number of hydrogen-bond donors (Lipinski definition) is 5. The number of fused-ring (bicyclic) bond motifs is 3. The first-order valence-corrected chi connectivity index (χ1v) is 12.8. The van der Waals surface area contributed by atoms with Gasteiger partial charge in [-0.3, -0.25) is 14.4 Å². The van der Waals surface area contributed by atoms with Crippen LogP contribution in [-0.2, 0) is 16.0 Å². The van der Waals surface area contributed by atoms with E-state index in [1.54, 1.807) is 6.07 Å². The van der Waals surface area contributed by atoms with Crippen LogP contribution in [0.5, 0.6) is 5.75 Å². The molecule has 8 nitrogen and oxygen atoms in total. The number of ketones is 2. The van der Waals surface area contributed by atoms with Crippen molar-refractivity contribution in [2.75, 3.05) is 11.9 Å². The second-order valence-electron chi connectivity index (χ2n) is 11.7. The van der Waals surface area contributed by atoms with E-state index in [9.17, 15) is 29.7 Å². The van der Waals surface area contributed by atoms with Crippen molar-refractivity contribution in [1.29, 1.82) is 0 Å². The van der Waals surface area contributed by atoms with Crippen LogP contribution in [-0.4, -0.2) is 39.3 Å². The molecule has 5 rings (SSSR count). The number of phenolic OH excluding ortho intramolecular Hbond substituents is 1. The van der Waals surface area contributed by atoms with Gasteiger partial charge in [0.25, 0.3) is 5.91 Å². The Balaban J connectivity index is 1.53. The fourth-order valence-corrected chi connectivity index (χ4v) is 6.04. The highest BCUT2D eigenvalue weighted by Gasteiger charge is 2.50. The summed E-state index contributed by atoms with van der Waals surface area (Å²) < 4.78 is 0. The number of aliphatic hydroxyl groups excluding tert-OH is 2. The molecule has 6 N–H and O–H groups in total. The number of carbonyl (C=O) groups excluding carboxylic acids is 3. The first kappa shape index (κ1) is 25.6. The molecule has 3 unspecified atom stereocenters. The zero-order chi connectivity index (χ0) is 27.5. The molecule has 0 aromatic heterocycles. The van der Waals surface area contributed by atoms with Crippen molar-refractivity contribution < 1.29 is 29.7 Å². The third-order valence-corrected chi connectivity index (χ3v) is 7.79. The van der Waals surface area contributed by atoms with Crippen LogP contribution in [0.4, 0.5) is 5.69 Å². The van der Waals surface area contributed by atoms with Crippen LogP contribution in [0, 0.1) is 23.2 Å². The summed E-state index contributed by atoms with van der Waals surface area (Å²) >= 11 is 0. The lowest BCUT2D eigenvalue weighted by Gasteiger charge is -2.41. The number of nitrogens with two attached hydrogens (primary N) is 1. The van der Waals surface area contributed by atoms with Gasteiger partial charge in [-0.25, -0.2) is 0 Å². The van der Waals surface area contributed by atoms with E-state index in [4.69, 9.17) is 5.73 Å². The Morgan fingerprint density at radius 3 is 2.34 bits per heavy atom. The minimum Gasteiger partial charge on any atom is -0.511 e. The van der Waals surface area contributed by atoms with Crippen molar-refractivity contribution in [2.24, 2.45) is 28.9 Å². The van der Waals surface area contributed by atoms with E-state index in [0.717, 1.165) is 23.4 Å². The predicted octanol–water partition coefficient (Wildman–Crippen LogP) is 4.59. The number of Topliss-reactive ketones (excluding diaryl/α,β-unsaturated/α-hetero) is 2. The molecular formula is C30H32N2O6. The molecule has 8 heteroatoms. The molecule has 0 radical (unpaired) electrons. The van der Waals surface area contributed by atoms with Gasteiger partial charge < -0.3 is 26.4 Å². The lowest BCUT2D eigenvalue weighted by Crippen LogP contribution is -2.43. The Morgan fingerprint density at radius 2 is 1.71 bits per heavy atom. The zero-order valence-corrected chi connectivity index (χ0v) is 21.7. The van der Waals surface area contributed by atoms with Gasteiger partial charge in [-0.05, 0) is 65.0 Å². The maximum absolute atomic E-state index is 13.7. The topological polar surface area (TPSA) is 150 Å². The molecule has 198 valence electrons. The zero-order valence-electron chi connectivity index (χ0n) is 21.7. The van der Waals surface area contributed by atoms with Crippen LogP contribution in [0.2, 0.25) is 0 Å². The second kappa shape index (κ2) is 9.04. The van der Waals surface area contributed by atoms with E-state index in [1.165, 1.54) is 6.07 Å². The van der Waals surface area contributed by atoms with E-state index in [1.807, 2.05) is 24.3 Å². The lowest BCUT2D eigenvalue weighted by molar-refractivity contribution is -0.126. The Hall–Kier alpha value is -4.07. The van der Waals surface area contributed by atoms with E-state index >= 15 is 0 Å². The van der Waals surface area contributed by atoms with Gasteiger partial charge in [0.1, 0.15) is 22.8 Å². The van der Waals surface area contributed by atoms with Crippen LogP contribution in [0.1, 0.15) is 49.5 Å². The molecule has 3 aliphatic carbocycles. The molecule has 2 aromatic carbocycles. The summed E-state index contributed by atoms with van der Waals surface area (Å²) in [5.41, 5.74) is 8.47. The molecule has 3 atom stereocenters. The molecule has 3 aliphatic rings. The largest absolute Gasteiger partial charge is 0.511 e. The third-order valence-electron chi connectivity index (χ3n) is 7.79. The van der Waals surface area contributed by atoms with Crippen LogP contribution in [0.25, 0.3) is 11.1 Å². The van der Waals surface area contributed by atoms with Gasteiger partial charge in [-0.2, -0.15) is 0 Å². The molecule has 0 saturated carbocycles. The minimum atomic E-state index is -1.12. The molecule has 0 aliphatic heterocycles. The Labute approximate surface area is 220 Å². The number of rotatable bonds is 4. The van der Waals surface area contributed by atoms with Gasteiger partial charge in [-0.15, -0.1) is 0 Å². The highest BCUT2D eigenvalue weighted by Crippen LogP contribution is 2.50. The first-order chi connectivity index (χ1) is 17.9.